The van der Waals surface area contributed by atoms with Gasteiger partial charge in [-0.2, -0.15) is 0 Å². The predicted octanol–water partition coefficient (Wildman–Crippen LogP) is 12.8. The Hall–Kier alpha value is -2.55. The summed E-state index contributed by atoms with van der Waals surface area (Å²) in [6.45, 7) is 37.0. The Balaban J connectivity index is -0.0000000876. The molecule has 3 heterocycles. The van der Waals surface area contributed by atoms with E-state index in [1.165, 1.54) is 11.1 Å². The Morgan fingerprint density at radius 3 is 1.10 bits per heavy atom. The lowest BCUT2D eigenvalue weighted by molar-refractivity contribution is 0.823. The van der Waals surface area contributed by atoms with Crippen LogP contribution in [-0.2, 0) is 0 Å². The van der Waals surface area contributed by atoms with E-state index in [1.807, 2.05) is 144 Å². The third-order valence-corrected chi connectivity index (χ3v) is 4.00. The summed E-state index contributed by atoms with van der Waals surface area (Å²) in [6.07, 6.45) is 9.19. The van der Waals surface area contributed by atoms with E-state index in [0.29, 0.717) is 17.8 Å². The molecule has 3 aromatic rings. The third kappa shape index (κ3) is 35.5. The van der Waals surface area contributed by atoms with Crippen molar-refractivity contribution in [2.45, 2.75) is 142 Å². The summed E-state index contributed by atoms with van der Waals surface area (Å²) >= 11 is 0. The molecule has 3 heteroatoms. The molecule has 228 valence electrons. The molecule has 0 saturated heterocycles. The molecule has 0 aromatic carbocycles. The van der Waals surface area contributed by atoms with E-state index in [2.05, 4.69) is 62.6 Å². The van der Waals surface area contributed by atoms with Gasteiger partial charge in [0.2, 0.25) is 0 Å². The summed E-state index contributed by atoms with van der Waals surface area (Å²) < 4.78 is 0. The molecule has 3 nitrogen and oxygen atoms in total. The molecule has 0 aliphatic rings. The lowest BCUT2D eigenvalue weighted by Crippen LogP contribution is -1.88. The first-order valence-corrected chi connectivity index (χ1v) is 15.6. The number of nitrogens with zero attached hydrogens (tertiary/aromatic N) is 3. The zero-order chi connectivity index (χ0) is 32.1. The van der Waals surface area contributed by atoms with Crippen LogP contribution >= 0.6 is 0 Å². The van der Waals surface area contributed by atoms with Gasteiger partial charge in [0.05, 0.1) is 0 Å². The molecule has 3 rings (SSSR count). The van der Waals surface area contributed by atoms with Gasteiger partial charge in [0.25, 0.3) is 0 Å². The summed E-state index contributed by atoms with van der Waals surface area (Å²) in [4.78, 5) is 12.1. The van der Waals surface area contributed by atoms with Crippen LogP contribution in [0.3, 0.4) is 0 Å². The van der Waals surface area contributed by atoms with E-state index in [0.717, 1.165) is 5.69 Å². The largest absolute Gasteiger partial charge is 0.265 e. The first-order valence-electron chi connectivity index (χ1n) is 15.6. The standard InChI is InChI=1S/3C8H11N.6C2H6/c1-7(2)8-3-5-9-6-4-8;1-7(2)8-4-3-5-9-6-8;1-7(2)8-5-3-4-6-9-8;6*1-2/h3*3-7H,1-2H3;6*1-2H3. The zero-order valence-corrected chi connectivity index (χ0v) is 29.5. The Morgan fingerprint density at radius 2 is 0.872 bits per heavy atom. The van der Waals surface area contributed by atoms with Crippen LogP contribution in [0.25, 0.3) is 0 Å². The fraction of sp³-hybridized carbons (Fsp3) is 0.583. The van der Waals surface area contributed by atoms with E-state index in [4.69, 9.17) is 0 Å². The lowest BCUT2D eigenvalue weighted by Gasteiger charge is -2.01. The average molecular weight is 544 g/mol. The summed E-state index contributed by atoms with van der Waals surface area (Å²) in [5.41, 5.74) is 3.82. The van der Waals surface area contributed by atoms with E-state index in [1.54, 1.807) is 6.20 Å². The number of rotatable bonds is 3. The molecule has 3 aromatic heterocycles. The normalized spacial score (nSPS) is 7.92. The van der Waals surface area contributed by atoms with E-state index in [-0.39, 0.29) is 0 Å². The predicted molar refractivity (Wildman–Crippen MR) is 183 cm³/mol. The highest BCUT2D eigenvalue weighted by molar-refractivity contribution is 5.13. The van der Waals surface area contributed by atoms with Gasteiger partial charge in [0, 0.05) is 36.7 Å². The molecule has 0 aliphatic heterocycles. The molecule has 0 N–H and O–H groups in total. The highest BCUT2D eigenvalue weighted by Crippen LogP contribution is 2.11. The van der Waals surface area contributed by atoms with Gasteiger partial charge in [0.15, 0.2) is 0 Å². The zero-order valence-electron chi connectivity index (χ0n) is 29.5. The Bertz CT molecular complexity index is 607. The van der Waals surface area contributed by atoms with Crippen molar-refractivity contribution in [3.8, 4) is 0 Å². The number of pyridine rings is 3. The number of hydrogen-bond donors (Lipinski definition) is 0. The summed E-state index contributed by atoms with van der Waals surface area (Å²) in [5, 5.41) is 0. The summed E-state index contributed by atoms with van der Waals surface area (Å²) in [6, 6.07) is 14.2. The van der Waals surface area contributed by atoms with Gasteiger partial charge in [0.1, 0.15) is 0 Å². The summed E-state index contributed by atoms with van der Waals surface area (Å²) in [5.74, 6) is 1.76. The first kappa shape index (κ1) is 49.4. The van der Waals surface area contributed by atoms with E-state index in [9.17, 15) is 0 Å². The molecule has 0 spiro atoms. The number of aromatic nitrogens is 3. The molecule has 0 unspecified atom stereocenters. The van der Waals surface area contributed by atoms with Crippen molar-refractivity contribution in [3.05, 3.63) is 90.3 Å². The van der Waals surface area contributed by atoms with Gasteiger partial charge in [-0.05, 0) is 59.2 Å². The molecule has 0 radical (unpaired) electrons. The van der Waals surface area contributed by atoms with Crippen molar-refractivity contribution in [1.82, 2.24) is 15.0 Å². The molecular weight excluding hydrogens is 474 g/mol. The molecule has 39 heavy (non-hydrogen) atoms. The van der Waals surface area contributed by atoms with Crippen LogP contribution in [0.2, 0.25) is 0 Å². The maximum atomic E-state index is 4.18. The molecule has 0 atom stereocenters. The highest BCUT2D eigenvalue weighted by Gasteiger charge is 1.96. The van der Waals surface area contributed by atoms with Gasteiger partial charge < -0.3 is 0 Å². The van der Waals surface area contributed by atoms with Crippen LogP contribution in [-0.4, -0.2) is 15.0 Å². The smallest absolute Gasteiger partial charge is 0.0428 e. The Labute approximate surface area is 247 Å². The highest BCUT2D eigenvalue weighted by atomic mass is 14.7. The van der Waals surface area contributed by atoms with Gasteiger partial charge >= 0.3 is 0 Å². The minimum Gasteiger partial charge on any atom is -0.265 e. The average Bonchev–Trinajstić information content (AvgIpc) is 3.05. The van der Waals surface area contributed by atoms with Gasteiger partial charge in [-0.3, -0.25) is 15.0 Å². The molecule has 0 aliphatic carbocycles. The van der Waals surface area contributed by atoms with Crippen molar-refractivity contribution in [2.24, 2.45) is 0 Å². The van der Waals surface area contributed by atoms with E-state index < -0.39 is 0 Å². The molecule has 0 amide bonds. The minimum absolute atomic E-state index is 0.547. The van der Waals surface area contributed by atoms with Gasteiger partial charge in [-0.25, -0.2) is 0 Å². The van der Waals surface area contributed by atoms with Crippen molar-refractivity contribution in [2.75, 3.05) is 0 Å². The molecule has 0 bridgehead atoms. The third-order valence-electron chi connectivity index (χ3n) is 4.00. The van der Waals surface area contributed by atoms with Crippen LogP contribution < -0.4 is 0 Å². The fourth-order valence-corrected chi connectivity index (χ4v) is 2.18. The molecular formula is C36H69N3. The van der Waals surface area contributed by atoms with Crippen molar-refractivity contribution < 1.29 is 0 Å². The maximum Gasteiger partial charge on any atom is 0.0428 e. The second-order valence-corrected chi connectivity index (χ2v) is 7.29. The summed E-state index contributed by atoms with van der Waals surface area (Å²) in [7, 11) is 0. The van der Waals surface area contributed by atoms with Gasteiger partial charge in [-0.1, -0.05) is 137 Å². The van der Waals surface area contributed by atoms with Crippen molar-refractivity contribution in [1.29, 1.82) is 0 Å². The quantitative estimate of drug-likeness (QED) is 0.329. The monoisotopic (exact) mass is 544 g/mol. The van der Waals surface area contributed by atoms with Gasteiger partial charge in [-0.15, -0.1) is 0 Å². The van der Waals surface area contributed by atoms with Crippen LogP contribution in [0, 0.1) is 0 Å². The van der Waals surface area contributed by atoms with Crippen LogP contribution in [0.15, 0.2) is 73.4 Å². The maximum absolute atomic E-state index is 4.18. The van der Waals surface area contributed by atoms with Crippen LogP contribution in [0.5, 0.6) is 0 Å². The van der Waals surface area contributed by atoms with Crippen molar-refractivity contribution in [3.63, 3.8) is 0 Å². The topological polar surface area (TPSA) is 38.7 Å². The Kier molecular flexibility index (Phi) is 57.5. The Morgan fingerprint density at radius 1 is 0.410 bits per heavy atom. The van der Waals surface area contributed by atoms with Crippen molar-refractivity contribution >= 4 is 0 Å². The SMILES string of the molecule is CC.CC.CC.CC.CC.CC.CC(C)c1ccccn1.CC(C)c1cccnc1.CC(C)c1ccncc1. The molecule has 0 saturated carbocycles. The molecule has 0 fully saturated rings. The van der Waals surface area contributed by atoms with Crippen LogP contribution in [0.4, 0.5) is 0 Å². The fourth-order valence-electron chi connectivity index (χ4n) is 2.18. The lowest BCUT2D eigenvalue weighted by atomic mass is 10.1. The minimum atomic E-state index is 0.547. The second kappa shape index (κ2) is 45.4. The van der Waals surface area contributed by atoms with E-state index >= 15 is 0 Å². The van der Waals surface area contributed by atoms with Crippen LogP contribution in [0.1, 0.15) is 159 Å². The second-order valence-electron chi connectivity index (χ2n) is 7.29. The number of hydrogen-bond acceptors (Lipinski definition) is 3. The first-order chi connectivity index (χ1) is 18.9.